The second-order valence-corrected chi connectivity index (χ2v) is 12.0. The Morgan fingerprint density at radius 3 is 0.816 bits per heavy atom. The third kappa shape index (κ3) is 33.0. The molecule has 6 heteroatoms. The summed E-state index contributed by atoms with van der Waals surface area (Å²) in [6.45, 7) is 15.1. The third-order valence-electron chi connectivity index (χ3n) is 7.75. The molecule has 4 nitrogen and oxygen atoms in total. The first-order chi connectivity index (χ1) is 17.5. The molecule has 0 heterocycles. The normalized spacial score (nSPS) is 14.4. The highest BCUT2D eigenvalue weighted by molar-refractivity contribution is 4.50. The lowest BCUT2D eigenvalue weighted by atomic mass is 10.1. The van der Waals surface area contributed by atoms with Gasteiger partial charge in [-0.3, -0.25) is 0 Å². The molecule has 4 N–H and O–H groups in total. The molecule has 38 heavy (non-hydrogen) atoms. The van der Waals surface area contributed by atoms with Crippen LogP contribution in [0.4, 0.5) is 0 Å². The first-order valence-electron chi connectivity index (χ1n) is 16.5. The monoisotopic (exact) mass is 672 g/mol. The number of nitrogens with one attached hydrogen (secondary N) is 2. The average Bonchev–Trinajstić information content (AvgIpc) is 2.83. The number of quaternary nitrogens is 2. The number of unbranched alkanes of at least 4 members (excludes halogenated alkanes) is 17. The number of halogens is 2. The molecule has 0 aliphatic heterocycles. The van der Waals surface area contributed by atoms with E-state index in [4.69, 9.17) is 0 Å². The Morgan fingerprint density at radius 1 is 0.395 bits per heavy atom. The third-order valence-corrected chi connectivity index (χ3v) is 7.75. The van der Waals surface area contributed by atoms with Crippen molar-refractivity contribution in [1.82, 2.24) is 0 Å². The van der Waals surface area contributed by atoms with E-state index in [2.05, 4.69) is 13.8 Å². The Labute approximate surface area is 260 Å². The van der Waals surface area contributed by atoms with Crippen molar-refractivity contribution in [3.05, 3.63) is 0 Å². The predicted octanol–water partition coefficient (Wildman–Crippen LogP) is -0.632. The van der Waals surface area contributed by atoms with Gasteiger partial charge in [-0.25, -0.2) is 0 Å². The van der Waals surface area contributed by atoms with Gasteiger partial charge in [0.2, 0.25) is 0 Å². The molecule has 0 bridgehead atoms. The van der Waals surface area contributed by atoms with Gasteiger partial charge in [-0.2, -0.15) is 0 Å². The van der Waals surface area contributed by atoms with Crippen LogP contribution in [0.3, 0.4) is 0 Å². The maximum atomic E-state index is 9.93. The van der Waals surface area contributed by atoms with Gasteiger partial charge in [-0.05, 0) is 65.2 Å². The lowest BCUT2D eigenvalue weighted by Gasteiger charge is -2.22. The summed E-state index contributed by atoms with van der Waals surface area (Å²) in [5.41, 5.74) is 0. The average molecular weight is 675 g/mol. The molecule has 0 aliphatic carbocycles. The van der Waals surface area contributed by atoms with E-state index < -0.39 is 0 Å². The van der Waals surface area contributed by atoms with Crippen LogP contribution in [0.2, 0.25) is 0 Å². The topological polar surface area (TPSA) is 49.3 Å². The number of hydrogen-bond acceptors (Lipinski definition) is 2. The summed E-state index contributed by atoms with van der Waals surface area (Å²) in [5, 5.41) is 19.9. The van der Waals surface area contributed by atoms with E-state index in [-0.39, 0.29) is 46.2 Å². The van der Waals surface area contributed by atoms with Crippen molar-refractivity contribution in [2.24, 2.45) is 0 Å². The van der Waals surface area contributed by atoms with Crippen LogP contribution in [-0.2, 0) is 0 Å². The molecule has 234 valence electrons. The highest BCUT2D eigenvalue weighted by Crippen LogP contribution is 2.08. The molecular formula is C32H70Br2N2O2. The fourth-order valence-corrected chi connectivity index (χ4v) is 5.62. The molecule has 0 saturated carbocycles. The van der Waals surface area contributed by atoms with Crippen LogP contribution in [0, 0.1) is 0 Å². The zero-order valence-corrected chi connectivity index (χ0v) is 29.4. The first-order valence-corrected chi connectivity index (χ1v) is 16.5. The van der Waals surface area contributed by atoms with Crippen molar-refractivity contribution in [1.29, 1.82) is 0 Å². The number of aliphatic hydroxyl groups is 2. The molecule has 4 atom stereocenters. The summed E-state index contributed by atoms with van der Waals surface area (Å²) < 4.78 is 0. The second kappa shape index (κ2) is 34.0. The summed E-state index contributed by atoms with van der Waals surface area (Å²) in [6, 6.07) is 0. The summed E-state index contributed by atoms with van der Waals surface area (Å²) in [4.78, 5) is 3.21. The van der Waals surface area contributed by atoms with Gasteiger partial charge in [-0.15, -0.1) is 0 Å². The molecule has 0 radical (unpaired) electrons. The van der Waals surface area contributed by atoms with Crippen molar-refractivity contribution < 1.29 is 54.0 Å². The fourth-order valence-electron chi connectivity index (χ4n) is 5.62. The standard InChI is InChI=1S/C32H68N2O2.2BrH/c1-5-7-9-11-13-15-17-21-25-33(29-31(3)35)27-23-19-20-24-28-34(30-32(4)36)26-22-18-16-14-12-10-8-6-2;;/h31-32,35-36H,5-30H2,1-4H3;2*1H. The van der Waals surface area contributed by atoms with Crippen LogP contribution in [0.5, 0.6) is 0 Å². The van der Waals surface area contributed by atoms with E-state index in [0.717, 1.165) is 13.1 Å². The highest BCUT2D eigenvalue weighted by Gasteiger charge is 2.13. The summed E-state index contributed by atoms with van der Waals surface area (Å²) in [6.07, 6.45) is 26.8. The van der Waals surface area contributed by atoms with Crippen LogP contribution in [-0.4, -0.2) is 61.7 Å². The van der Waals surface area contributed by atoms with Crippen LogP contribution in [0.25, 0.3) is 0 Å². The molecule has 0 aromatic carbocycles. The molecule has 0 aromatic rings. The lowest BCUT2D eigenvalue weighted by Crippen LogP contribution is -3.13. The van der Waals surface area contributed by atoms with Gasteiger partial charge >= 0.3 is 0 Å². The van der Waals surface area contributed by atoms with E-state index in [0.29, 0.717) is 0 Å². The zero-order chi connectivity index (χ0) is 26.7. The maximum absolute atomic E-state index is 9.93. The first kappa shape index (κ1) is 43.3. The van der Waals surface area contributed by atoms with E-state index in [1.54, 1.807) is 9.80 Å². The predicted molar refractivity (Wildman–Crippen MR) is 158 cm³/mol. The second-order valence-electron chi connectivity index (χ2n) is 12.0. The van der Waals surface area contributed by atoms with Crippen molar-refractivity contribution in [2.45, 2.75) is 168 Å². The maximum Gasteiger partial charge on any atom is 0.103 e. The molecule has 0 fully saturated rings. The van der Waals surface area contributed by atoms with Crippen LogP contribution in [0.1, 0.15) is 156 Å². The molecule has 0 amide bonds. The van der Waals surface area contributed by atoms with Crippen LogP contribution >= 0.6 is 0 Å². The Balaban J connectivity index is -0.00000612. The number of hydrogen-bond donors (Lipinski definition) is 4. The van der Waals surface area contributed by atoms with Gasteiger partial charge in [0, 0.05) is 0 Å². The van der Waals surface area contributed by atoms with Crippen molar-refractivity contribution in [3.8, 4) is 0 Å². The molecule has 0 rings (SSSR count). The Bertz CT molecular complexity index is 390. The van der Waals surface area contributed by atoms with Crippen molar-refractivity contribution in [2.75, 3.05) is 39.3 Å². The largest absolute Gasteiger partial charge is 1.00 e. The van der Waals surface area contributed by atoms with E-state index in [9.17, 15) is 10.2 Å². The summed E-state index contributed by atoms with van der Waals surface area (Å²) >= 11 is 0. The van der Waals surface area contributed by atoms with Gasteiger partial charge in [0.05, 0.1) is 26.2 Å². The minimum Gasteiger partial charge on any atom is -1.00 e. The minimum atomic E-state index is -0.192. The molecule has 0 spiro atoms. The summed E-state index contributed by atoms with van der Waals surface area (Å²) in [5.74, 6) is 0. The van der Waals surface area contributed by atoms with Crippen molar-refractivity contribution >= 4 is 0 Å². The molecule has 0 saturated heterocycles. The Morgan fingerprint density at radius 2 is 0.605 bits per heavy atom. The molecule has 0 aromatic heterocycles. The number of rotatable bonds is 29. The van der Waals surface area contributed by atoms with Crippen molar-refractivity contribution in [3.63, 3.8) is 0 Å². The van der Waals surface area contributed by atoms with Gasteiger partial charge in [0.25, 0.3) is 0 Å². The Kier molecular flexibility index (Phi) is 38.7. The zero-order valence-electron chi connectivity index (χ0n) is 26.2. The van der Waals surface area contributed by atoms with E-state index >= 15 is 0 Å². The molecular weight excluding hydrogens is 604 g/mol. The van der Waals surface area contributed by atoms with Gasteiger partial charge in [-0.1, -0.05) is 90.9 Å². The number of aliphatic hydroxyl groups excluding tert-OH is 2. The minimum absolute atomic E-state index is 0. The van der Waals surface area contributed by atoms with Crippen LogP contribution in [0.15, 0.2) is 0 Å². The SMILES string of the molecule is CCCCCCCCCC[NH+](CCCCCC[NH+](CCCCCCCCCC)CC(C)O)CC(C)O.[Br-].[Br-]. The summed E-state index contributed by atoms with van der Waals surface area (Å²) in [7, 11) is 0. The molecule has 4 unspecified atom stereocenters. The lowest BCUT2D eigenvalue weighted by molar-refractivity contribution is -0.904. The van der Waals surface area contributed by atoms with Gasteiger partial charge in [0.1, 0.15) is 25.3 Å². The van der Waals surface area contributed by atoms with Gasteiger partial charge < -0.3 is 54.0 Å². The smallest absolute Gasteiger partial charge is 0.103 e. The van der Waals surface area contributed by atoms with E-state index in [1.807, 2.05) is 13.8 Å². The van der Waals surface area contributed by atoms with Crippen LogP contribution < -0.4 is 43.8 Å². The fraction of sp³-hybridized carbons (Fsp3) is 1.00. The quantitative estimate of drug-likeness (QED) is 0.0800. The van der Waals surface area contributed by atoms with E-state index in [1.165, 1.54) is 155 Å². The Hall–Kier alpha value is 0.800. The van der Waals surface area contributed by atoms with Gasteiger partial charge in [0.15, 0.2) is 0 Å². The highest BCUT2D eigenvalue weighted by atomic mass is 79.9. The molecule has 0 aliphatic rings.